The van der Waals surface area contributed by atoms with Crippen molar-refractivity contribution >= 4 is 21.8 Å². The molecule has 2 rings (SSSR count). The van der Waals surface area contributed by atoms with Gasteiger partial charge in [0.2, 0.25) is 5.91 Å². The smallest absolute Gasteiger partial charge is 0.244 e. The Kier molecular flexibility index (Phi) is 4.94. The Hall–Kier alpha value is -1.63. The van der Waals surface area contributed by atoms with Crippen molar-refractivity contribution in [1.29, 1.82) is 0 Å². The van der Waals surface area contributed by atoms with E-state index in [1.54, 1.807) is 17.1 Å². The van der Waals surface area contributed by atoms with Gasteiger partial charge in [-0.25, -0.2) is 0 Å². The molecule has 0 aliphatic carbocycles. The highest BCUT2D eigenvalue weighted by Gasteiger charge is 2.17. The highest BCUT2D eigenvalue weighted by atomic mass is 79.9. The Bertz CT molecular complexity index is 563. The fourth-order valence-electron chi connectivity index (χ4n) is 1.94. The van der Waals surface area contributed by atoms with Gasteiger partial charge in [0, 0.05) is 25.5 Å². The predicted molar refractivity (Wildman–Crippen MR) is 79.2 cm³/mol. The number of amides is 1. The SMILES string of the molecule is Cc1c(Br)cnn1C(C)C(=O)NCCCn1cccn1. The van der Waals surface area contributed by atoms with Crippen molar-refractivity contribution in [3.8, 4) is 0 Å². The van der Waals surface area contributed by atoms with Gasteiger partial charge in [0.05, 0.1) is 16.4 Å². The molecular weight excluding hydrogens is 322 g/mol. The second kappa shape index (κ2) is 6.69. The second-order valence-electron chi connectivity index (χ2n) is 4.61. The van der Waals surface area contributed by atoms with E-state index in [-0.39, 0.29) is 11.9 Å². The molecular formula is C13H18BrN5O. The zero-order valence-electron chi connectivity index (χ0n) is 11.6. The third-order valence-corrected chi connectivity index (χ3v) is 3.93. The molecule has 0 spiro atoms. The Morgan fingerprint density at radius 1 is 1.50 bits per heavy atom. The molecule has 0 fully saturated rings. The average molecular weight is 340 g/mol. The van der Waals surface area contributed by atoms with Crippen LogP contribution < -0.4 is 5.32 Å². The van der Waals surface area contributed by atoms with E-state index in [1.165, 1.54) is 0 Å². The van der Waals surface area contributed by atoms with Crippen LogP contribution in [0, 0.1) is 6.92 Å². The lowest BCUT2D eigenvalue weighted by Gasteiger charge is -2.14. The standard InChI is InChI=1S/C13H18BrN5O/c1-10-12(14)9-17-19(10)11(2)13(20)15-5-3-7-18-8-4-6-16-18/h4,6,8-9,11H,3,5,7H2,1-2H3,(H,15,20). The van der Waals surface area contributed by atoms with E-state index in [0.29, 0.717) is 6.54 Å². The molecule has 2 aromatic rings. The van der Waals surface area contributed by atoms with Gasteiger partial charge < -0.3 is 5.32 Å². The molecule has 1 unspecified atom stereocenters. The van der Waals surface area contributed by atoms with Crippen LogP contribution >= 0.6 is 15.9 Å². The van der Waals surface area contributed by atoms with Gasteiger partial charge in [-0.05, 0) is 42.3 Å². The van der Waals surface area contributed by atoms with Gasteiger partial charge in [0.25, 0.3) is 0 Å². The lowest BCUT2D eigenvalue weighted by molar-refractivity contribution is -0.124. The van der Waals surface area contributed by atoms with Crippen LogP contribution in [0.3, 0.4) is 0 Å². The second-order valence-corrected chi connectivity index (χ2v) is 5.47. The Morgan fingerprint density at radius 2 is 2.30 bits per heavy atom. The minimum Gasteiger partial charge on any atom is -0.354 e. The maximum atomic E-state index is 12.1. The first kappa shape index (κ1) is 14.8. The van der Waals surface area contributed by atoms with Crippen LogP contribution in [0.15, 0.2) is 29.1 Å². The summed E-state index contributed by atoms with van der Waals surface area (Å²) in [4.78, 5) is 12.1. The lowest BCUT2D eigenvalue weighted by Crippen LogP contribution is -2.33. The van der Waals surface area contributed by atoms with Crippen LogP contribution in [-0.4, -0.2) is 32.0 Å². The highest BCUT2D eigenvalue weighted by molar-refractivity contribution is 9.10. The highest BCUT2D eigenvalue weighted by Crippen LogP contribution is 2.18. The van der Waals surface area contributed by atoms with Crippen molar-refractivity contribution in [2.45, 2.75) is 32.9 Å². The van der Waals surface area contributed by atoms with Gasteiger partial charge in [-0.3, -0.25) is 14.2 Å². The molecule has 2 aromatic heterocycles. The topological polar surface area (TPSA) is 64.7 Å². The number of nitrogens with zero attached hydrogens (tertiary/aromatic N) is 4. The molecule has 1 N–H and O–H groups in total. The van der Waals surface area contributed by atoms with Gasteiger partial charge in [-0.2, -0.15) is 10.2 Å². The number of hydrogen-bond donors (Lipinski definition) is 1. The Balaban J connectivity index is 1.78. The zero-order valence-corrected chi connectivity index (χ0v) is 13.2. The quantitative estimate of drug-likeness (QED) is 0.817. The van der Waals surface area contributed by atoms with Crippen LogP contribution in [0.2, 0.25) is 0 Å². The lowest BCUT2D eigenvalue weighted by atomic mass is 10.3. The van der Waals surface area contributed by atoms with E-state index in [1.807, 2.05) is 30.8 Å². The summed E-state index contributed by atoms with van der Waals surface area (Å²) in [6.45, 7) is 5.20. The summed E-state index contributed by atoms with van der Waals surface area (Å²) in [5.74, 6) is -0.0239. The van der Waals surface area contributed by atoms with Gasteiger partial charge in [-0.15, -0.1) is 0 Å². The summed E-state index contributed by atoms with van der Waals surface area (Å²) in [6, 6.07) is 1.57. The summed E-state index contributed by atoms with van der Waals surface area (Å²) in [7, 11) is 0. The summed E-state index contributed by atoms with van der Waals surface area (Å²) >= 11 is 3.39. The monoisotopic (exact) mass is 339 g/mol. The first-order valence-corrected chi connectivity index (χ1v) is 7.33. The molecule has 7 heteroatoms. The number of halogens is 1. The maximum Gasteiger partial charge on any atom is 0.244 e. The largest absolute Gasteiger partial charge is 0.354 e. The molecule has 0 aliphatic rings. The number of carbonyl (C=O) groups excluding carboxylic acids is 1. The van der Waals surface area contributed by atoms with Gasteiger partial charge in [0.1, 0.15) is 6.04 Å². The van der Waals surface area contributed by atoms with Crippen molar-refractivity contribution < 1.29 is 4.79 Å². The molecule has 2 heterocycles. The molecule has 108 valence electrons. The van der Waals surface area contributed by atoms with Crippen molar-refractivity contribution in [3.63, 3.8) is 0 Å². The summed E-state index contributed by atoms with van der Waals surface area (Å²) in [5, 5.41) is 11.2. The van der Waals surface area contributed by atoms with E-state index in [0.717, 1.165) is 23.1 Å². The molecule has 1 atom stereocenters. The minimum absolute atomic E-state index is 0.0239. The van der Waals surface area contributed by atoms with Crippen molar-refractivity contribution in [2.75, 3.05) is 6.54 Å². The molecule has 0 saturated carbocycles. The number of nitrogens with one attached hydrogen (secondary N) is 1. The number of rotatable bonds is 6. The van der Waals surface area contributed by atoms with Crippen LogP contribution in [0.5, 0.6) is 0 Å². The van der Waals surface area contributed by atoms with Crippen molar-refractivity contribution in [2.24, 2.45) is 0 Å². The molecule has 6 nitrogen and oxygen atoms in total. The molecule has 0 radical (unpaired) electrons. The maximum absolute atomic E-state index is 12.1. The van der Waals surface area contributed by atoms with Crippen LogP contribution in [0.4, 0.5) is 0 Å². The fourth-order valence-corrected chi connectivity index (χ4v) is 2.21. The van der Waals surface area contributed by atoms with Gasteiger partial charge in [0.15, 0.2) is 0 Å². The summed E-state index contributed by atoms with van der Waals surface area (Å²) < 4.78 is 4.48. The van der Waals surface area contributed by atoms with Crippen molar-refractivity contribution in [3.05, 3.63) is 34.8 Å². The van der Waals surface area contributed by atoms with Gasteiger partial charge >= 0.3 is 0 Å². The van der Waals surface area contributed by atoms with Crippen LogP contribution in [0.1, 0.15) is 25.1 Å². The fraction of sp³-hybridized carbons (Fsp3) is 0.462. The zero-order chi connectivity index (χ0) is 14.5. The summed E-state index contributed by atoms with van der Waals surface area (Å²) in [5.41, 5.74) is 0.948. The number of carbonyl (C=O) groups is 1. The molecule has 0 aromatic carbocycles. The van der Waals surface area contributed by atoms with E-state index in [4.69, 9.17) is 0 Å². The van der Waals surface area contributed by atoms with Crippen LogP contribution in [-0.2, 0) is 11.3 Å². The molecule has 0 saturated heterocycles. The average Bonchev–Trinajstić information content (AvgIpc) is 3.06. The summed E-state index contributed by atoms with van der Waals surface area (Å²) in [6.07, 6.45) is 6.22. The number of hydrogen-bond acceptors (Lipinski definition) is 3. The van der Waals surface area contributed by atoms with E-state index >= 15 is 0 Å². The predicted octanol–water partition coefficient (Wildman–Crippen LogP) is 1.92. The van der Waals surface area contributed by atoms with Crippen molar-refractivity contribution in [1.82, 2.24) is 24.9 Å². The normalized spacial score (nSPS) is 12.3. The van der Waals surface area contributed by atoms with E-state index in [9.17, 15) is 4.79 Å². The number of aromatic nitrogens is 4. The molecule has 0 aliphatic heterocycles. The molecule has 20 heavy (non-hydrogen) atoms. The van der Waals surface area contributed by atoms with Crippen LogP contribution in [0.25, 0.3) is 0 Å². The number of aryl methyl sites for hydroxylation is 1. The van der Waals surface area contributed by atoms with E-state index < -0.39 is 0 Å². The minimum atomic E-state index is -0.314. The Morgan fingerprint density at radius 3 is 2.90 bits per heavy atom. The van der Waals surface area contributed by atoms with Gasteiger partial charge in [-0.1, -0.05) is 0 Å². The Labute approximate surface area is 126 Å². The molecule has 0 bridgehead atoms. The third kappa shape index (κ3) is 3.47. The molecule has 1 amide bonds. The first-order valence-electron chi connectivity index (χ1n) is 6.54. The first-order chi connectivity index (χ1) is 9.59. The van der Waals surface area contributed by atoms with E-state index in [2.05, 4.69) is 31.4 Å². The third-order valence-electron chi connectivity index (χ3n) is 3.15.